The van der Waals surface area contributed by atoms with E-state index in [4.69, 9.17) is 5.11 Å². The van der Waals surface area contributed by atoms with Crippen LogP contribution in [0.4, 0.5) is 5.82 Å². The van der Waals surface area contributed by atoms with Gasteiger partial charge < -0.3 is 15.3 Å². The Balaban J connectivity index is 2.11. The molecule has 0 saturated heterocycles. The second kappa shape index (κ2) is 7.24. The number of aromatic nitrogens is 1. The summed E-state index contributed by atoms with van der Waals surface area (Å²) in [6, 6.07) is 5.79. The van der Waals surface area contributed by atoms with Crippen molar-refractivity contribution in [2.45, 2.75) is 38.6 Å². The molecule has 0 aromatic carbocycles. The Kier molecular flexibility index (Phi) is 5.35. The molecule has 1 saturated carbocycles. The van der Waals surface area contributed by atoms with E-state index in [-0.39, 0.29) is 12.5 Å². The number of hydrogen-bond donors (Lipinski definition) is 2. The van der Waals surface area contributed by atoms with Crippen molar-refractivity contribution in [2.24, 2.45) is 0 Å². The summed E-state index contributed by atoms with van der Waals surface area (Å²) in [4.78, 5) is 18.8. The summed E-state index contributed by atoms with van der Waals surface area (Å²) in [7, 11) is 0. The fourth-order valence-electron chi connectivity index (χ4n) is 2.37. The van der Waals surface area contributed by atoms with Crippen LogP contribution in [0.5, 0.6) is 0 Å². The van der Waals surface area contributed by atoms with Crippen LogP contribution in [0.25, 0.3) is 0 Å². The first-order valence-electron chi connectivity index (χ1n) is 7.39. The summed E-state index contributed by atoms with van der Waals surface area (Å²) in [6.45, 7) is 3.49. The van der Waals surface area contributed by atoms with Gasteiger partial charge in [0.15, 0.2) is 0 Å². The predicted molar refractivity (Wildman–Crippen MR) is 78.8 cm³/mol. The number of pyridine rings is 1. The first-order chi connectivity index (χ1) is 9.76. The van der Waals surface area contributed by atoms with Crippen LogP contribution in [0.2, 0.25) is 0 Å². The van der Waals surface area contributed by atoms with E-state index in [2.05, 4.69) is 10.3 Å². The number of carbonyl (C=O) groups excluding carboxylic acids is 1. The maximum atomic E-state index is 12.6. The second-order valence-electron chi connectivity index (χ2n) is 5.10. The average molecular weight is 277 g/mol. The fraction of sp³-hybridized carbons (Fsp3) is 0.600. The number of hydrogen-bond acceptors (Lipinski definition) is 4. The van der Waals surface area contributed by atoms with Crippen LogP contribution in [0, 0.1) is 0 Å². The second-order valence-corrected chi connectivity index (χ2v) is 5.10. The number of aliphatic hydroxyl groups is 1. The van der Waals surface area contributed by atoms with Gasteiger partial charge >= 0.3 is 0 Å². The van der Waals surface area contributed by atoms with Gasteiger partial charge in [0.2, 0.25) is 0 Å². The zero-order chi connectivity index (χ0) is 14.4. The smallest absolute Gasteiger partial charge is 0.272 e. The molecule has 0 unspecified atom stereocenters. The van der Waals surface area contributed by atoms with E-state index < -0.39 is 0 Å². The van der Waals surface area contributed by atoms with Crippen molar-refractivity contribution in [3.8, 4) is 0 Å². The van der Waals surface area contributed by atoms with Crippen LogP contribution in [-0.4, -0.2) is 46.6 Å². The van der Waals surface area contributed by atoms with Gasteiger partial charge in [0.25, 0.3) is 5.91 Å². The van der Waals surface area contributed by atoms with Crippen molar-refractivity contribution < 1.29 is 9.90 Å². The summed E-state index contributed by atoms with van der Waals surface area (Å²) in [5, 5.41) is 12.1. The highest BCUT2D eigenvalue weighted by molar-refractivity contribution is 5.93. The molecule has 0 atom stereocenters. The lowest BCUT2D eigenvalue weighted by atomic mass is 9.91. The van der Waals surface area contributed by atoms with E-state index in [0.717, 1.165) is 25.2 Å². The van der Waals surface area contributed by atoms with Crippen LogP contribution in [0.1, 0.15) is 43.1 Å². The highest BCUT2D eigenvalue weighted by Gasteiger charge is 2.29. The maximum absolute atomic E-state index is 12.6. The number of aliphatic hydroxyl groups excluding tert-OH is 1. The number of carbonyl (C=O) groups is 1. The number of nitrogens with zero attached hydrogens (tertiary/aromatic N) is 2. The van der Waals surface area contributed by atoms with E-state index in [1.54, 1.807) is 6.07 Å². The zero-order valence-corrected chi connectivity index (χ0v) is 12.0. The molecule has 1 heterocycles. The minimum atomic E-state index is -0.0251. The molecule has 0 aliphatic heterocycles. The summed E-state index contributed by atoms with van der Waals surface area (Å²) in [5.74, 6) is 0.706. The van der Waals surface area contributed by atoms with E-state index in [9.17, 15) is 4.79 Å². The SMILES string of the molecule is CCNc1cccc(C(=O)N(CCCO)C2CCC2)n1. The van der Waals surface area contributed by atoms with Gasteiger partial charge in [-0.05, 0) is 44.7 Å². The lowest BCUT2D eigenvalue weighted by molar-refractivity contribution is 0.0556. The molecule has 20 heavy (non-hydrogen) atoms. The van der Waals surface area contributed by atoms with Gasteiger partial charge in [-0.3, -0.25) is 4.79 Å². The molecule has 110 valence electrons. The van der Waals surface area contributed by atoms with Crippen molar-refractivity contribution >= 4 is 11.7 Å². The van der Waals surface area contributed by atoms with Gasteiger partial charge in [-0.2, -0.15) is 0 Å². The molecule has 1 fully saturated rings. The topological polar surface area (TPSA) is 65.5 Å². The number of rotatable bonds is 7. The first-order valence-corrected chi connectivity index (χ1v) is 7.39. The molecule has 0 spiro atoms. The highest BCUT2D eigenvalue weighted by Crippen LogP contribution is 2.26. The van der Waals surface area contributed by atoms with Gasteiger partial charge in [0.05, 0.1) is 0 Å². The third-order valence-electron chi connectivity index (χ3n) is 3.66. The van der Waals surface area contributed by atoms with Crippen LogP contribution < -0.4 is 5.32 Å². The summed E-state index contributed by atoms with van der Waals surface area (Å²) < 4.78 is 0. The molecular formula is C15H23N3O2. The standard InChI is InChI=1S/C15H23N3O2/c1-2-16-14-9-4-8-13(17-14)15(20)18(10-5-11-19)12-6-3-7-12/h4,8-9,12,19H,2-3,5-7,10-11H2,1H3,(H,16,17). The Hall–Kier alpha value is -1.62. The molecule has 2 N–H and O–H groups in total. The van der Waals surface area contributed by atoms with Crippen LogP contribution in [0.15, 0.2) is 18.2 Å². The Labute approximate surface area is 120 Å². The Morgan fingerprint density at radius 1 is 1.50 bits per heavy atom. The third kappa shape index (κ3) is 3.48. The van der Waals surface area contributed by atoms with Crippen molar-refractivity contribution in [3.05, 3.63) is 23.9 Å². The van der Waals surface area contributed by atoms with Crippen LogP contribution in [-0.2, 0) is 0 Å². The van der Waals surface area contributed by atoms with Crippen LogP contribution >= 0.6 is 0 Å². The van der Waals surface area contributed by atoms with E-state index in [1.807, 2.05) is 24.0 Å². The number of anilines is 1. The molecule has 1 aromatic rings. The van der Waals surface area contributed by atoms with Crippen molar-refractivity contribution in [1.29, 1.82) is 0 Å². The van der Waals surface area contributed by atoms with E-state index in [0.29, 0.717) is 24.7 Å². The van der Waals surface area contributed by atoms with Gasteiger partial charge in [-0.15, -0.1) is 0 Å². The van der Waals surface area contributed by atoms with E-state index >= 15 is 0 Å². The molecule has 2 rings (SSSR count). The Morgan fingerprint density at radius 2 is 2.30 bits per heavy atom. The molecule has 5 heteroatoms. The van der Waals surface area contributed by atoms with Gasteiger partial charge in [0.1, 0.15) is 11.5 Å². The monoisotopic (exact) mass is 277 g/mol. The molecule has 5 nitrogen and oxygen atoms in total. The van der Waals surface area contributed by atoms with Crippen molar-refractivity contribution in [3.63, 3.8) is 0 Å². The quantitative estimate of drug-likeness (QED) is 0.799. The average Bonchev–Trinajstić information content (AvgIpc) is 2.41. The van der Waals surface area contributed by atoms with E-state index in [1.165, 1.54) is 6.42 Å². The molecule has 1 aromatic heterocycles. The first kappa shape index (κ1) is 14.8. The van der Waals surface area contributed by atoms with Crippen molar-refractivity contribution in [1.82, 2.24) is 9.88 Å². The minimum absolute atomic E-state index is 0.0251. The lowest BCUT2D eigenvalue weighted by Gasteiger charge is -2.37. The lowest BCUT2D eigenvalue weighted by Crippen LogP contribution is -2.45. The number of amides is 1. The minimum Gasteiger partial charge on any atom is -0.396 e. The normalized spacial score (nSPS) is 14.7. The Bertz CT molecular complexity index is 446. The predicted octanol–water partition coefficient (Wildman–Crippen LogP) is 1.89. The van der Waals surface area contributed by atoms with Gasteiger partial charge in [0, 0.05) is 25.7 Å². The Morgan fingerprint density at radius 3 is 2.90 bits per heavy atom. The van der Waals surface area contributed by atoms with Crippen molar-refractivity contribution in [2.75, 3.05) is 25.0 Å². The van der Waals surface area contributed by atoms with Gasteiger partial charge in [-0.1, -0.05) is 6.07 Å². The molecule has 1 amide bonds. The molecule has 0 radical (unpaired) electrons. The fourth-order valence-corrected chi connectivity index (χ4v) is 2.37. The largest absolute Gasteiger partial charge is 0.396 e. The van der Waals surface area contributed by atoms with Crippen LogP contribution in [0.3, 0.4) is 0 Å². The number of nitrogens with one attached hydrogen (secondary N) is 1. The zero-order valence-electron chi connectivity index (χ0n) is 12.0. The summed E-state index contributed by atoms with van der Waals surface area (Å²) >= 11 is 0. The highest BCUT2D eigenvalue weighted by atomic mass is 16.3. The summed E-state index contributed by atoms with van der Waals surface area (Å²) in [5.41, 5.74) is 0.480. The molecule has 0 bridgehead atoms. The third-order valence-corrected chi connectivity index (χ3v) is 3.66. The molecule has 1 aliphatic rings. The maximum Gasteiger partial charge on any atom is 0.272 e. The molecular weight excluding hydrogens is 254 g/mol. The molecule has 1 aliphatic carbocycles. The summed E-state index contributed by atoms with van der Waals surface area (Å²) in [6.07, 6.45) is 3.92. The van der Waals surface area contributed by atoms with Gasteiger partial charge in [-0.25, -0.2) is 4.98 Å².